The topological polar surface area (TPSA) is 44.1 Å². The van der Waals surface area contributed by atoms with Gasteiger partial charge in [0.15, 0.2) is 5.69 Å². The largest absolute Gasteiger partial charge is 0.461 e. The number of benzene rings is 2. The van der Waals surface area contributed by atoms with Crippen molar-refractivity contribution in [1.82, 2.24) is 9.55 Å². The van der Waals surface area contributed by atoms with Crippen molar-refractivity contribution in [3.05, 3.63) is 83.7 Å². The van der Waals surface area contributed by atoms with E-state index in [-0.39, 0.29) is 30.2 Å². The lowest BCUT2D eigenvalue weighted by Crippen LogP contribution is -2.27. The molecule has 0 fully saturated rings. The molecule has 0 aliphatic carbocycles. The molecule has 4 nitrogen and oxygen atoms in total. The summed E-state index contributed by atoms with van der Waals surface area (Å²) in [5.41, 5.74) is 0.501. The molecule has 152 valence electrons. The van der Waals surface area contributed by atoms with Crippen LogP contribution < -0.4 is 0 Å². The number of carbonyl (C=O) groups is 1. The summed E-state index contributed by atoms with van der Waals surface area (Å²) in [6, 6.07) is 13.0. The molecule has 1 heterocycles. The predicted octanol–water partition coefficient (Wildman–Crippen LogP) is 5.08. The number of halogens is 4. The second kappa shape index (κ2) is 8.46. The average molecular weight is 406 g/mol. The number of nitrogens with zero attached hydrogens (tertiary/aromatic N) is 2. The van der Waals surface area contributed by atoms with Crippen LogP contribution >= 0.6 is 0 Å². The van der Waals surface area contributed by atoms with E-state index in [1.807, 2.05) is 0 Å². The maximum Gasteiger partial charge on any atom is 0.399 e. The molecule has 0 spiro atoms. The van der Waals surface area contributed by atoms with Crippen LogP contribution in [0.1, 0.15) is 34.7 Å². The molecule has 0 saturated heterocycles. The Morgan fingerprint density at radius 3 is 2.34 bits per heavy atom. The molecule has 0 N–H and O–H groups in total. The number of aromatic nitrogens is 2. The maximum absolute atomic E-state index is 14.0. The van der Waals surface area contributed by atoms with E-state index >= 15 is 0 Å². The number of carbonyl (C=O) groups excluding carboxylic acids is 1. The van der Waals surface area contributed by atoms with Gasteiger partial charge in [-0.1, -0.05) is 30.3 Å². The van der Waals surface area contributed by atoms with E-state index in [9.17, 15) is 22.4 Å². The highest BCUT2D eigenvalue weighted by Gasteiger charge is 2.44. The van der Waals surface area contributed by atoms with Crippen molar-refractivity contribution in [2.75, 3.05) is 6.61 Å². The highest BCUT2D eigenvalue weighted by molar-refractivity contribution is 5.88. The third-order valence-electron chi connectivity index (χ3n) is 4.35. The van der Waals surface area contributed by atoms with E-state index in [2.05, 4.69) is 4.98 Å². The highest BCUT2D eigenvalue weighted by Crippen LogP contribution is 2.38. The first-order chi connectivity index (χ1) is 13.8. The molecule has 1 atom stereocenters. The summed E-state index contributed by atoms with van der Waals surface area (Å²) in [5, 5.41) is 0. The molecular weight excluding hydrogens is 388 g/mol. The van der Waals surface area contributed by atoms with Gasteiger partial charge in [-0.3, -0.25) is 4.57 Å². The van der Waals surface area contributed by atoms with Gasteiger partial charge in [-0.05, 0) is 43.2 Å². The Balaban J connectivity index is 2.15. The van der Waals surface area contributed by atoms with Crippen LogP contribution in [0, 0.1) is 5.82 Å². The number of hydrogen-bond acceptors (Lipinski definition) is 3. The molecule has 29 heavy (non-hydrogen) atoms. The van der Waals surface area contributed by atoms with E-state index in [1.54, 1.807) is 37.3 Å². The van der Waals surface area contributed by atoms with Crippen molar-refractivity contribution < 1.29 is 27.1 Å². The standard InChI is InChI=1S/C21H18F4N2O2/c1-2-29-20(28)18-13-26-19(27(18)16-10-8-15(22)9-11-16)17(21(23,24)25)12-14-6-4-3-5-7-14/h3-11,13,17H,2,12H2,1H3. The normalized spacial score (nSPS) is 12.6. The van der Waals surface area contributed by atoms with Gasteiger partial charge in [0.2, 0.25) is 0 Å². The van der Waals surface area contributed by atoms with Crippen LogP contribution in [0.3, 0.4) is 0 Å². The first kappa shape index (κ1) is 20.6. The predicted molar refractivity (Wildman–Crippen MR) is 98.4 cm³/mol. The van der Waals surface area contributed by atoms with E-state index in [0.717, 1.165) is 22.9 Å². The summed E-state index contributed by atoms with van der Waals surface area (Å²) in [7, 11) is 0. The second-order valence-electron chi connectivity index (χ2n) is 6.32. The Bertz CT molecular complexity index is 967. The molecular formula is C21H18F4N2O2. The van der Waals surface area contributed by atoms with Crippen molar-refractivity contribution in [3.63, 3.8) is 0 Å². The van der Waals surface area contributed by atoms with Crippen LogP contribution in [0.15, 0.2) is 60.8 Å². The van der Waals surface area contributed by atoms with Crippen LogP contribution in [0.2, 0.25) is 0 Å². The van der Waals surface area contributed by atoms with Crippen LogP contribution in [-0.2, 0) is 11.2 Å². The van der Waals surface area contributed by atoms with E-state index in [0.29, 0.717) is 5.56 Å². The van der Waals surface area contributed by atoms with Gasteiger partial charge in [-0.25, -0.2) is 14.2 Å². The summed E-state index contributed by atoms with van der Waals surface area (Å²) in [6.07, 6.45) is -3.92. The molecule has 0 bridgehead atoms. The van der Waals surface area contributed by atoms with Crippen LogP contribution in [0.25, 0.3) is 5.69 Å². The van der Waals surface area contributed by atoms with Crippen molar-refractivity contribution in [3.8, 4) is 5.69 Å². The monoisotopic (exact) mass is 406 g/mol. The molecule has 0 aliphatic heterocycles. The van der Waals surface area contributed by atoms with Crippen molar-refractivity contribution in [2.24, 2.45) is 0 Å². The van der Waals surface area contributed by atoms with Gasteiger partial charge in [0.1, 0.15) is 17.6 Å². The van der Waals surface area contributed by atoms with Gasteiger partial charge in [0.25, 0.3) is 0 Å². The second-order valence-corrected chi connectivity index (χ2v) is 6.32. The third kappa shape index (κ3) is 4.64. The summed E-state index contributed by atoms with van der Waals surface area (Å²) >= 11 is 0. The fourth-order valence-corrected chi connectivity index (χ4v) is 3.03. The minimum absolute atomic E-state index is 0.0511. The molecule has 3 aromatic rings. The number of hydrogen-bond donors (Lipinski definition) is 0. The lowest BCUT2D eigenvalue weighted by molar-refractivity contribution is -0.152. The first-order valence-electron chi connectivity index (χ1n) is 8.92. The van der Waals surface area contributed by atoms with E-state index in [1.165, 1.54) is 12.1 Å². The first-order valence-corrected chi connectivity index (χ1v) is 8.92. The zero-order chi connectivity index (χ0) is 21.0. The molecule has 3 rings (SSSR count). The van der Waals surface area contributed by atoms with Gasteiger partial charge in [-0.2, -0.15) is 13.2 Å². The van der Waals surface area contributed by atoms with Gasteiger partial charge in [0, 0.05) is 5.69 Å². The molecule has 1 aromatic heterocycles. The summed E-state index contributed by atoms with van der Waals surface area (Å²) in [5.74, 6) is -3.70. The van der Waals surface area contributed by atoms with Gasteiger partial charge in [0.05, 0.1) is 12.8 Å². The molecule has 0 saturated carbocycles. The smallest absolute Gasteiger partial charge is 0.399 e. The number of rotatable bonds is 6. The number of alkyl halides is 3. The zero-order valence-electron chi connectivity index (χ0n) is 15.5. The van der Waals surface area contributed by atoms with Crippen LogP contribution in [-0.4, -0.2) is 28.3 Å². The average Bonchev–Trinajstić information content (AvgIpc) is 3.11. The number of ether oxygens (including phenoxy) is 1. The summed E-state index contributed by atoms with van der Waals surface area (Å²) < 4.78 is 61.3. The minimum Gasteiger partial charge on any atom is -0.461 e. The van der Waals surface area contributed by atoms with Gasteiger partial charge in [-0.15, -0.1) is 0 Å². The number of imidazole rings is 1. The summed E-state index contributed by atoms with van der Waals surface area (Å²) in [6.45, 7) is 1.64. The Morgan fingerprint density at radius 2 is 1.76 bits per heavy atom. The quantitative estimate of drug-likeness (QED) is 0.424. The minimum atomic E-state index is -4.62. The van der Waals surface area contributed by atoms with E-state index in [4.69, 9.17) is 4.74 Å². The van der Waals surface area contributed by atoms with Crippen molar-refractivity contribution in [2.45, 2.75) is 25.4 Å². The lowest BCUT2D eigenvalue weighted by atomic mass is 9.97. The van der Waals surface area contributed by atoms with E-state index < -0.39 is 23.9 Å². The highest BCUT2D eigenvalue weighted by atomic mass is 19.4. The molecule has 1 unspecified atom stereocenters. The Labute approximate surface area is 164 Å². The molecule has 0 amide bonds. The SMILES string of the molecule is CCOC(=O)c1cnc(C(Cc2ccccc2)C(F)(F)F)n1-c1ccc(F)cc1. The van der Waals surface area contributed by atoms with Crippen LogP contribution in [0.5, 0.6) is 0 Å². The van der Waals surface area contributed by atoms with Crippen molar-refractivity contribution >= 4 is 5.97 Å². The molecule has 0 aliphatic rings. The zero-order valence-corrected chi connectivity index (χ0v) is 15.5. The third-order valence-corrected chi connectivity index (χ3v) is 4.35. The molecule has 2 aromatic carbocycles. The summed E-state index contributed by atoms with van der Waals surface area (Å²) in [4.78, 5) is 16.2. The van der Waals surface area contributed by atoms with Crippen molar-refractivity contribution in [1.29, 1.82) is 0 Å². The Kier molecular flexibility index (Phi) is 6.00. The molecule has 8 heteroatoms. The molecule has 0 radical (unpaired) electrons. The van der Waals surface area contributed by atoms with Gasteiger partial charge < -0.3 is 4.74 Å². The maximum atomic E-state index is 14.0. The lowest BCUT2D eigenvalue weighted by Gasteiger charge is -2.22. The Morgan fingerprint density at radius 1 is 1.10 bits per heavy atom. The van der Waals surface area contributed by atoms with Gasteiger partial charge >= 0.3 is 12.1 Å². The fraction of sp³-hybridized carbons (Fsp3) is 0.238. The Hall–Kier alpha value is -3.16. The number of esters is 1. The fourth-order valence-electron chi connectivity index (χ4n) is 3.03. The van der Waals surface area contributed by atoms with Crippen LogP contribution in [0.4, 0.5) is 17.6 Å².